The Labute approximate surface area is 83.9 Å². The SMILES string of the molecule is Cc1cccc(C)c1OC(=O)C(C)N. The van der Waals surface area contributed by atoms with Gasteiger partial charge in [-0.25, -0.2) is 4.79 Å². The average molecular weight is 193 g/mol. The van der Waals surface area contributed by atoms with Crippen LogP contribution in [0.2, 0.25) is 0 Å². The summed E-state index contributed by atoms with van der Waals surface area (Å²) in [6.45, 7) is 5.41. The summed E-state index contributed by atoms with van der Waals surface area (Å²) in [5.41, 5.74) is 7.30. The van der Waals surface area contributed by atoms with Gasteiger partial charge in [0.2, 0.25) is 0 Å². The molecular weight excluding hydrogens is 178 g/mol. The highest BCUT2D eigenvalue weighted by molar-refractivity contribution is 5.78. The number of esters is 1. The fourth-order valence-corrected chi connectivity index (χ4v) is 1.15. The van der Waals surface area contributed by atoms with Crippen molar-refractivity contribution in [3.8, 4) is 5.75 Å². The van der Waals surface area contributed by atoms with E-state index in [1.54, 1.807) is 6.92 Å². The predicted molar refractivity (Wildman–Crippen MR) is 55.2 cm³/mol. The Hall–Kier alpha value is -1.35. The lowest BCUT2D eigenvalue weighted by atomic mass is 10.1. The second kappa shape index (κ2) is 4.24. The van der Waals surface area contributed by atoms with E-state index in [2.05, 4.69) is 0 Å². The number of ether oxygens (including phenoxy) is 1. The van der Waals surface area contributed by atoms with E-state index >= 15 is 0 Å². The zero-order valence-electron chi connectivity index (χ0n) is 8.70. The quantitative estimate of drug-likeness (QED) is 0.572. The molecule has 0 aliphatic carbocycles. The molecule has 0 heterocycles. The summed E-state index contributed by atoms with van der Waals surface area (Å²) in [5, 5.41) is 0. The normalized spacial score (nSPS) is 12.3. The number of rotatable bonds is 2. The Bertz CT molecular complexity index is 325. The van der Waals surface area contributed by atoms with E-state index in [1.807, 2.05) is 32.0 Å². The highest BCUT2D eigenvalue weighted by Crippen LogP contribution is 2.22. The summed E-state index contributed by atoms with van der Waals surface area (Å²) in [7, 11) is 0. The lowest BCUT2D eigenvalue weighted by Crippen LogP contribution is -2.31. The predicted octanol–water partition coefficient (Wildman–Crippen LogP) is 1.56. The first-order valence-corrected chi connectivity index (χ1v) is 4.56. The van der Waals surface area contributed by atoms with Crippen molar-refractivity contribution in [3.63, 3.8) is 0 Å². The van der Waals surface area contributed by atoms with Gasteiger partial charge in [0, 0.05) is 0 Å². The number of carbonyl (C=O) groups is 1. The molecule has 14 heavy (non-hydrogen) atoms. The van der Waals surface area contributed by atoms with Crippen molar-refractivity contribution in [1.82, 2.24) is 0 Å². The zero-order valence-corrected chi connectivity index (χ0v) is 8.70. The minimum Gasteiger partial charge on any atom is -0.425 e. The molecule has 0 aliphatic heterocycles. The molecule has 0 spiro atoms. The second-order valence-electron chi connectivity index (χ2n) is 3.43. The number of benzene rings is 1. The molecule has 0 saturated heterocycles. The van der Waals surface area contributed by atoms with E-state index in [1.165, 1.54) is 0 Å². The zero-order chi connectivity index (χ0) is 10.7. The molecule has 0 saturated carbocycles. The Kier molecular flexibility index (Phi) is 3.25. The lowest BCUT2D eigenvalue weighted by Gasteiger charge is -2.11. The van der Waals surface area contributed by atoms with Crippen LogP contribution in [0.5, 0.6) is 5.75 Å². The van der Waals surface area contributed by atoms with E-state index in [4.69, 9.17) is 10.5 Å². The maximum absolute atomic E-state index is 11.3. The maximum atomic E-state index is 11.3. The van der Waals surface area contributed by atoms with Gasteiger partial charge in [0.25, 0.3) is 0 Å². The third-order valence-corrected chi connectivity index (χ3v) is 1.98. The van der Waals surface area contributed by atoms with Crippen molar-refractivity contribution in [3.05, 3.63) is 29.3 Å². The topological polar surface area (TPSA) is 52.3 Å². The first-order chi connectivity index (χ1) is 6.52. The number of para-hydroxylation sites is 1. The Balaban J connectivity index is 2.91. The third kappa shape index (κ3) is 2.33. The number of carbonyl (C=O) groups excluding carboxylic acids is 1. The van der Waals surface area contributed by atoms with Gasteiger partial charge in [-0.2, -0.15) is 0 Å². The van der Waals surface area contributed by atoms with Crippen LogP contribution in [-0.2, 0) is 4.79 Å². The second-order valence-corrected chi connectivity index (χ2v) is 3.43. The molecule has 0 bridgehead atoms. The molecule has 2 N–H and O–H groups in total. The molecule has 0 aliphatic rings. The van der Waals surface area contributed by atoms with Crippen molar-refractivity contribution >= 4 is 5.97 Å². The van der Waals surface area contributed by atoms with Crippen molar-refractivity contribution in [1.29, 1.82) is 0 Å². The summed E-state index contributed by atoms with van der Waals surface area (Å²) in [6.07, 6.45) is 0. The lowest BCUT2D eigenvalue weighted by molar-refractivity contribution is -0.135. The van der Waals surface area contributed by atoms with Gasteiger partial charge in [0.05, 0.1) is 0 Å². The molecule has 3 heteroatoms. The molecular formula is C11H15NO2. The number of hydrogen-bond donors (Lipinski definition) is 1. The molecule has 0 aromatic heterocycles. The minimum absolute atomic E-state index is 0.401. The van der Waals surface area contributed by atoms with Crippen LogP contribution in [-0.4, -0.2) is 12.0 Å². The van der Waals surface area contributed by atoms with Crippen LogP contribution in [0.25, 0.3) is 0 Å². The average Bonchev–Trinajstić information content (AvgIpc) is 2.11. The van der Waals surface area contributed by atoms with E-state index in [9.17, 15) is 4.79 Å². The minimum atomic E-state index is -0.589. The van der Waals surface area contributed by atoms with Crippen LogP contribution in [0, 0.1) is 13.8 Å². The molecule has 1 aromatic rings. The Morgan fingerprint density at radius 3 is 2.29 bits per heavy atom. The van der Waals surface area contributed by atoms with Crippen molar-refractivity contribution < 1.29 is 9.53 Å². The molecule has 3 nitrogen and oxygen atoms in total. The maximum Gasteiger partial charge on any atom is 0.328 e. The van der Waals surface area contributed by atoms with E-state index < -0.39 is 12.0 Å². The van der Waals surface area contributed by atoms with E-state index in [-0.39, 0.29) is 0 Å². The van der Waals surface area contributed by atoms with Crippen LogP contribution in [0.1, 0.15) is 18.1 Å². The number of hydrogen-bond acceptors (Lipinski definition) is 3. The van der Waals surface area contributed by atoms with E-state index in [0.29, 0.717) is 5.75 Å². The summed E-state index contributed by atoms with van der Waals surface area (Å²) in [6, 6.07) is 5.13. The standard InChI is InChI=1S/C11H15NO2/c1-7-5-4-6-8(2)10(7)14-11(13)9(3)12/h4-6,9H,12H2,1-3H3. The summed E-state index contributed by atoms with van der Waals surface area (Å²) in [4.78, 5) is 11.3. The fraction of sp³-hybridized carbons (Fsp3) is 0.364. The van der Waals surface area contributed by atoms with Gasteiger partial charge in [-0.05, 0) is 31.9 Å². The molecule has 0 radical (unpaired) electrons. The van der Waals surface area contributed by atoms with Crippen molar-refractivity contribution in [2.75, 3.05) is 0 Å². The summed E-state index contributed by atoms with van der Waals surface area (Å²) in [5.74, 6) is 0.220. The summed E-state index contributed by atoms with van der Waals surface area (Å²) < 4.78 is 5.17. The van der Waals surface area contributed by atoms with Crippen LogP contribution < -0.4 is 10.5 Å². The van der Waals surface area contributed by atoms with Gasteiger partial charge in [0.1, 0.15) is 11.8 Å². The molecule has 1 aromatic carbocycles. The molecule has 0 fully saturated rings. The van der Waals surface area contributed by atoms with Gasteiger partial charge in [-0.3, -0.25) is 0 Å². The van der Waals surface area contributed by atoms with E-state index in [0.717, 1.165) is 11.1 Å². The first kappa shape index (κ1) is 10.7. The van der Waals surface area contributed by atoms with Crippen molar-refractivity contribution in [2.24, 2.45) is 5.73 Å². The van der Waals surface area contributed by atoms with Crippen LogP contribution >= 0.6 is 0 Å². The third-order valence-electron chi connectivity index (χ3n) is 1.98. The molecule has 1 atom stereocenters. The van der Waals surface area contributed by atoms with Gasteiger partial charge in [0.15, 0.2) is 0 Å². The smallest absolute Gasteiger partial charge is 0.328 e. The van der Waals surface area contributed by atoms with Crippen LogP contribution in [0.3, 0.4) is 0 Å². The number of nitrogens with two attached hydrogens (primary N) is 1. The largest absolute Gasteiger partial charge is 0.425 e. The molecule has 1 rings (SSSR count). The first-order valence-electron chi connectivity index (χ1n) is 4.56. The highest BCUT2D eigenvalue weighted by Gasteiger charge is 2.12. The van der Waals surface area contributed by atoms with Gasteiger partial charge in [-0.15, -0.1) is 0 Å². The van der Waals surface area contributed by atoms with Crippen LogP contribution in [0.4, 0.5) is 0 Å². The fourth-order valence-electron chi connectivity index (χ4n) is 1.15. The van der Waals surface area contributed by atoms with Crippen LogP contribution in [0.15, 0.2) is 18.2 Å². The van der Waals surface area contributed by atoms with Gasteiger partial charge < -0.3 is 10.5 Å². The molecule has 0 amide bonds. The number of aryl methyl sites for hydroxylation is 2. The van der Waals surface area contributed by atoms with Gasteiger partial charge >= 0.3 is 5.97 Å². The van der Waals surface area contributed by atoms with Crippen molar-refractivity contribution in [2.45, 2.75) is 26.8 Å². The summed E-state index contributed by atoms with van der Waals surface area (Å²) >= 11 is 0. The van der Waals surface area contributed by atoms with Gasteiger partial charge in [-0.1, -0.05) is 18.2 Å². The highest BCUT2D eigenvalue weighted by atomic mass is 16.5. The Morgan fingerprint density at radius 2 is 1.86 bits per heavy atom. The molecule has 76 valence electrons. The Morgan fingerprint density at radius 1 is 1.36 bits per heavy atom. The monoisotopic (exact) mass is 193 g/mol. The molecule has 1 unspecified atom stereocenters.